The van der Waals surface area contributed by atoms with Gasteiger partial charge in [0.25, 0.3) is 5.91 Å². The van der Waals surface area contributed by atoms with Crippen molar-refractivity contribution in [2.24, 2.45) is 0 Å². The van der Waals surface area contributed by atoms with Crippen molar-refractivity contribution in [1.29, 1.82) is 0 Å². The SMILES string of the molecule is Cc1cc(C)n(Cc2ccc(C(=O)Nc3ncn(Cc4ccccc4Cl)n3)o2)n1. The molecular weight excluding hydrogens is 392 g/mol. The van der Waals surface area contributed by atoms with Crippen molar-refractivity contribution in [3.63, 3.8) is 0 Å². The first-order valence-electron chi connectivity index (χ1n) is 9.02. The number of carbonyl (C=O) groups excluding carboxylic acids is 1. The zero-order chi connectivity index (χ0) is 20.4. The van der Waals surface area contributed by atoms with E-state index in [0.717, 1.165) is 17.0 Å². The third-order valence-electron chi connectivity index (χ3n) is 4.35. The lowest BCUT2D eigenvalue weighted by Crippen LogP contribution is -2.13. The number of aromatic nitrogens is 5. The molecule has 1 N–H and O–H groups in total. The van der Waals surface area contributed by atoms with Crippen LogP contribution in [0.1, 0.15) is 33.3 Å². The van der Waals surface area contributed by atoms with Crippen LogP contribution in [-0.2, 0) is 13.1 Å². The van der Waals surface area contributed by atoms with Gasteiger partial charge in [0, 0.05) is 10.7 Å². The molecule has 0 aliphatic carbocycles. The van der Waals surface area contributed by atoms with E-state index >= 15 is 0 Å². The van der Waals surface area contributed by atoms with Crippen molar-refractivity contribution in [3.05, 3.63) is 82.3 Å². The van der Waals surface area contributed by atoms with Crippen LogP contribution in [0.15, 0.2) is 53.2 Å². The molecule has 29 heavy (non-hydrogen) atoms. The van der Waals surface area contributed by atoms with Gasteiger partial charge in [0.2, 0.25) is 5.95 Å². The maximum atomic E-state index is 12.4. The number of hydrogen-bond acceptors (Lipinski definition) is 5. The number of rotatable bonds is 6. The van der Waals surface area contributed by atoms with Crippen molar-refractivity contribution >= 4 is 23.5 Å². The zero-order valence-electron chi connectivity index (χ0n) is 16.0. The fourth-order valence-corrected chi connectivity index (χ4v) is 3.16. The quantitative estimate of drug-likeness (QED) is 0.523. The van der Waals surface area contributed by atoms with E-state index in [1.54, 1.807) is 16.8 Å². The highest BCUT2D eigenvalue weighted by Crippen LogP contribution is 2.16. The van der Waals surface area contributed by atoms with Gasteiger partial charge < -0.3 is 4.42 Å². The van der Waals surface area contributed by atoms with Crippen molar-refractivity contribution in [3.8, 4) is 0 Å². The maximum absolute atomic E-state index is 12.4. The Morgan fingerprint density at radius 1 is 1.14 bits per heavy atom. The highest BCUT2D eigenvalue weighted by molar-refractivity contribution is 6.31. The van der Waals surface area contributed by atoms with Crippen LogP contribution in [-0.4, -0.2) is 30.5 Å². The Kier molecular flexibility index (Phi) is 5.18. The molecule has 4 rings (SSSR count). The van der Waals surface area contributed by atoms with E-state index in [1.165, 1.54) is 6.33 Å². The fraction of sp³-hybridized carbons (Fsp3) is 0.200. The van der Waals surface area contributed by atoms with Gasteiger partial charge in [0.15, 0.2) is 5.76 Å². The standard InChI is InChI=1S/C20H19ClN6O2/c1-13-9-14(2)27(24-13)11-16-7-8-18(29-16)19(28)23-20-22-12-26(25-20)10-15-5-3-4-6-17(15)21/h3-9,12H,10-11H2,1-2H3,(H,23,25,28). The number of hydrogen-bond donors (Lipinski definition) is 1. The van der Waals surface area contributed by atoms with Crippen LogP contribution in [0.2, 0.25) is 5.02 Å². The minimum Gasteiger partial charge on any atom is -0.454 e. The van der Waals surface area contributed by atoms with Gasteiger partial charge in [-0.1, -0.05) is 29.8 Å². The summed E-state index contributed by atoms with van der Waals surface area (Å²) in [6, 6.07) is 12.9. The Bertz CT molecular complexity index is 1160. The summed E-state index contributed by atoms with van der Waals surface area (Å²) in [4.78, 5) is 16.6. The maximum Gasteiger partial charge on any atom is 0.293 e. The molecule has 8 nitrogen and oxygen atoms in total. The van der Waals surface area contributed by atoms with Gasteiger partial charge in [0.05, 0.1) is 18.8 Å². The highest BCUT2D eigenvalue weighted by atomic mass is 35.5. The van der Waals surface area contributed by atoms with Crippen LogP contribution < -0.4 is 5.32 Å². The van der Waals surface area contributed by atoms with Gasteiger partial charge in [-0.3, -0.25) is 14.8 Å². The Hall–Kier alpha value is -3.39. The minimum atomic E-state index is -0.417. The molecule has 0 saturated heterocycles. The predicted molar refractivity (Wildman–Crippen MR) is 108 cm³/mol. The molecule has 0 spiro atoms. The molecule has 9 heteroatoms. The topological polar surface area (TPSA) is 90.8 Å². The second-order valence-electron chi connectivity index (χ2n) is 6.66. The summed E-state index contributed by atoms with van der Waals surface area (Å²) in [6.07, 6.45) is 1.54. The summed E-state index contributed by atoms with van der Waals surface area (Å²) < 4.78 is 9.08. The molecule has 0 radical (unpaired) electrons. The number of benzene rings is 1. The number of furan rings is 1. The summed E-state index contributed by atoms with van der Waals surface area (Å²) in [5.41, 5.74) is 2.88. The summed E-state index contributed by atoms with van der Waals surface area (Å²) in [6.45, 7) is 4.82. The lowest BCUT2D eigenvalue weighted by atomic mass is 10.2. The monoisotopic (exact) mass is 410 g/mol. The third kappa shape index (κ3) is 4.38. The molecule has 0 aliphatic rings. The molecule has 0 unspecified atom stereocenters. The average Bonchev–Trinajstić information content (AvgIpc) is 3.39. The average molecular weight is 411 g/mol. The number of nitrogens with zero attached hydrogens (tertiary/aromatic N) is 5. The number of nitrogens with one attached hydrogen (secondary N) is 1. The fourth-order valence-electron chi connectivity index (χ4n) is 2.96. The Labute approximate surface area is 172 Å². The highest BCUT2D eigenvalue weighted by Gasteiger charge is 2.15. The molecule has 0 aliphatic heterocycles. The van der Waals surface area contributed by atoms with Crippen LogP contribution in [0.4, 0.5) is 5.95 Å². The Morgan fingerprint density at radius 2 is 1.97 bits per heavy atom. The van der Waals surface area contributed by atoms with Crippen molar-refractivity contribution in [2.75, 3.05) is 5.32 Å². The van der Waals surface area contributed by atoms with Gasteiger partial charge in [-0.25, -0.2) is 9.67 Å². The van der Waals surface area contributed by atoms with E-state index in [-0.39, 0.29) is 11.7 Å². The van der Waals surface area contributed by atoms with Crippen LogP contribution in [0.5, 0.6) is 0 Å². The summed E-state index contributed by atoms with van der Waals surface area (Å²) in [5, 5.41) is 11.9. The van der Waals surface area contributed by atoms with E-state index in [9.17, 15) is 4.79 Å². The molecule has 1 aromatic carbocycles. The predicted octanol–water partition coefficient (Wildman–Crippen LogP) is 3.69. The van der Waals surface area contributed by atoms with E-state index in [1.807, 2.05) is 48.9 Å². The first kappa shape index (κ1) is 18.9. The summed E-state index contributed by atoms with van der Waals surface area (Å²) in [7, 11) is 0. The number of anilines is 1. The van der Waals surface area contributed by atoms with Crippen molar-refractivity contribution < 1.29 is 9.21 Å². The minimum absolute atomic E-state index is 0.184. The molecule has 148 valence electrons. The van der Waals surface area contributed by atoms with E-state index in [2.05, 4.69) is 20.5 Å². The van der Waals surface area contributed by atoms with Crippen LogP contribution in [0, 0.1) is 13.8 Å². The number of aryl methyl sites for hydroxylation is 2. The molecule has 1 amide bonds. The Morgan fingerprint density at radius 3 is 2.72 bits per heavy atom. The number of amides is 1. The largest absolute Gasteiger partial charge is 0.454 e. The summed E-state index contributed by atoms with van der Waals surface area (Å²) >= 11 is 6.17. The molecule has 0 saturated carbocycles. The molecule has 0 fully saturated rings. The zero-order valence-corrected chi connectivity index (χ0v) is 16.7. The van der Waals surface area contributed by atoms with Crippen LogP contribution >= 0.6 is 11.6 Å². The molecule has 0 atom stereocenters. The van der Waals surface area contributed by atoms with Gasteiger partial charge in [-0.05, 0) is 43.7 Å². The van der Waals surface area contributed by atoms with Crippen molar-refractivity contribution in [2.45, 2.75) is 26.9 Å². The third-order valence-corrected chi connectivity index (χ3v) is 4.72. The summed E-state index contributed by atoms with van der Waals surface area (Å²) in [5.74, 6) is 0.598. The first-order valence-corrected chi connectivity index (χ1v) is 9.40. The number of halogens is 1. The molecular formula is C20H19ClN6O2. The van der Waals surface area contributed by atoms with Crippen molar-refractivity contribution in [1.82, 2.24) is 24.5 Å². The van der Waals surface area contributed by atoms with E-state index < -0.39 is 5.91 Å². The van der Waals surface area contributed by atoms with Gasteiger partial charge in [-0.15, -0.1) is 5.10 Å². The van der Waals surface area contributed by atoms with E-state index in [4.69, 9.17) is 16.0 Å². The molecule has 3 heterocycles. The van der Waals surface area contributed by atoms with Crippen LogP contribution in [0.25, 0.3) is 0 Å². The second kappa shape index (κ2) is 7.92. The smallest absolute Gasteiger partial charge is 0.293 e. The van der Waals surface area contributed by atoms with Gasteiger partial charge >= 0.3 is 0 Å². The molecule has 0 bridgehead atoms. The van der Waals surface area contributed by atoms with Gasteiger partial charge in [-0.2, -0.15) is 5.10 Å². The van der Waals surface area contributed by atoms with Crippen LogP contribution in [0.3, 0.4) is 0 Å². The van der Waals surface area contributed by atoms with E-state index in [0.29, 0.717) is 23.9 Å². The Balaban J connectivity index is 1.40. The first-order chi connectivity index (χ1) is 14.0. The normalized spacial score (nSPS) is 11.0. The number of carbonyl (C=O) groups is 1. The lowest BCUT2D eigenvalue weighted by Gasteiger charge is -2.03. The lowest BCUT2D eigenvalue weighted by molar-refractivity contribution is 0.0993. The van der Waals surface area contributed by atoms with Gasteiger partial charge in [0.1, 0.15) is 12.1 Å². The molecule has 3 aromatic heterocycles. The molecule has 4 aromatic rings. The second-order valence-corrected chi connectivity index (χ2v) is 7.07.